The molecule has 0 radical (unpaired) electrons. The fourth-order valence-electron chi connectivity index (χ4n) is 7.01. The first-order valence-electron chi connectivity index (χ1n) is 25.1. The van der Waals surface area contributed by atoms with Crippen LogP contribution in [0.3, 0.4) is 0 Å². The molecule has 0 spiro atoms. The molecule has 0 aromatic carbocycles. The molecule has 0 aliphatic carbocycles. The van der Waals surface area contributed by atoms with Crippen molar-refractivity contribution in [1.29, 1.82) is 0 Å². The Labute approximate surface area is 447 Å². The minimum absolute atomic E-state index is 0.0124. The second-order valence-corrected chi connectivity index (χ2v) is 18.2. The van der Waals surface area contributed by atoms with Gasteiger partial charge in [0.1, 0.15) is 61.2 Å². The normalized spacial score (nSPS) is 19.0. The van der Waals surface area contributed by atoms with Crippen LogP contribution in [0.15, 0.2) is 6.20 Å². The lowest BCUT2D eigenvalue weighted by Crippen LogP contribution is -2.64. The van der Waals surface area contributed by atoms with Crippen molar-refractivity contribution in [2.45, 2.75) is 140 Å². The zero-order valence-corrected chi connectivity index (χ0v) is 43.9. The van der Waals surface area contributed by atoms with Crippen LogP contribution in [0.25, 0.3) is 0 Å². The van der Waals surface area contributed by atoms with Crippen molar-refractivity contribution in [3.05, 3.63) is 11.9 Å². The van der Waals surface area contributed by atoms with Gasteiger partial charge in [-0.3, -0.25) is 52.3 Å². The summed E-state index contributed by atoms with van der Waals surface area (Å²) in [4.78, 5) is 127. The van der Waals surface area contributed by atoms with Gasteiger partial charge in [0, 0.05) is 25.7 Å². The number of aliphatic carboxylic acids is 3. The zero-order chi connectivity index (χ0) is 58.3. The lowest BCUT2D eigenvalue weighted by atomic mass is 9.94. The van der Waals surface area contributed by atoms with Crippen molar-refractivity contribution in [3.63, 3.8) is 0 Å². The number of nitrogens with one attached hydrogen (secondary N) is 7. The molecule has 10 atom stereocenters. The van der Waals surface area contributed by atoms with Gasteiger partial charge in [0.15, 0.2) is 6.10 Å². The number of aryl methyl sites for hydroxylation is 1. The van der Waals surface area contributed by atoms with Crippen molar-refractivity contribution in [2.24, 2.45) is 5.92 Å². The van der Waals surface area contributed by atoms with E-state index in [1.807, 2.05) is 0 Å². The number of rotatable bonds is 40. The van der Waals surface area contributed by atoms with E-state index in [-0.39, 0.29) is 72.4 Å². The van der Waals surface area contributed by atoms with Gasteiger partial charge in [0.05, 0.1) is 78.1 Å². The summed E-state index contributed by atoms with van der Waals surface area (Å²) < 4.78 is 40.3. The smallest absolute Gasteiger partial charge is 0.305 e. The molecule has 2 heterocycles. The molecule has 1 aromatic heterocycles. The number of carbonyl (C=O) groups excluding carboxylic acids is 7. The van der Waals surface area contributed by atoms with E-state index < -0.39 is 158 Å². The molecule has 31 nitrogen and oxygen atoms in total. The average molecular weight is 1120 g/mol. The second-order valence-electron chi connectivity index (χ2n) is 18.2. The molecule has 13 N–H and O–H groups in total. The number of hydrogen-bond acceptors (Lipinski definition) is 20. The number of aliphatic hydroxyl groups is 3. The fraction of sp³-hybridized carbons (Fsp3) is 0.739. The van der Waals surface area contributed by atoms with E-state index in [2.05, 4.69) is 47.5 Å². The van der Waals surface area contributed by atoms with E-state index in [0.29, 0.717) is 25.0 Å². The van der Waals surface area contributed by atoms with Crippen LogP contribution in [0.4, 0.5) is 4.39 Å². The molecule has 1 aliphatic rings. The summed E-state index contributed by atoms with van der Waals surface area (Å²) in [5.74, 6) is -11.5. The van der Waals surface area contributed by atoms with Gasteiger partial charge in [0.25, 0.3) is 5.91 Å². The Morgan fingerprint density at radius 3 is 1.81 bits per heavy atom. The van der Waals surface area contributed by atoms with Crippen molar-refractivity contribution < 1.29 is 107 Å². The number of carboxylic acids is 3. The number of hydrogen-bond donors (Lipinski definition) is 13. The van der Waals surface area contributed by atoms with Gasteiger partial charge in [-0.1, -0.05) is 19.1 Å². The number of carboxylic acid groups (broad SMARTS) is 3. The van der Waals surface area contributed by atoms with Gasteiger partial charge in [-0.2, -0.15) is 0 Å². The van der Waals surface area contributed by atoms with Crippen LogP contribution in [0, 0.1) is 5.92 Å². The minimum Gasteiger partial charge on any atom is -0.481 e. The molecule has 78 heavy (non-hydrogen) atoms. The molecule has 1 aromatic rings. The molecule has 0 saturated carbocycles. The molecule has 5 unspecified atom stereocenters. The second kappa shape index (κ2) is 36.5. The van der Waals surface area contributed by atoms with Crippen LogP contribution < -0.4 is 37.2 Å². The molecule has 7 amide bonds. The Hall–Kier alpha value is -6.55. The Morgan fingerprint density at radius 2 is 1.22 bits per heavy atom. The Bertz CT molecular complexity index is 2100. The van der Waals surface area contributed by atoms with E-state index in [4.69, 9.17) is 28.8 Å². The molecule has 32 heteroatoms. The third-order valence-electron chi connectivity index (χ3n) is 11.3. The van der Waals surface area contributed by atoms with Gasteiger partial charge in [-0.25, -0.2) is 4.68 Å². The van der Waals surface area contributed by atoms with Crippen molar-refractivity contribution in [2.75, 3.05) is 72.6 Å². The van der Waals surface area contributed by atoms with Crippen LogP contribution in [-0.4, -0.2) is 238 Å². The third kappa shape index (κ3) is 26.2. The van der Waals surface area contributed by atoms with Gasteiger partial charge >= 0.3 is 17.9 Å². The maximum absolute atomic E-state index is 13.7. The highest BCUT2D eigenvalue weighted by Crippen LogP contribution is 2.22. The monoisotopic (exact) mass is 1120 g/mol. The number of aromatic nitrogens is 3. The predicted octanol–water partition coefficient (Wildman–Crippen LogP) is -5.35. The van der Waals surface area contributed by atoms with Crippen LogP contribution in [0.5, 0.6) is 0 Å². The Balaban J connectivity index is 1.95. The van der Waals surface area contributed by atoms with Crippen molar-refractivity contribution in [1.82, 2.24) is 52.2 Å². The van der Waals surface area contributed by atoms with E-state index in [1.165, 1.54) is 31.6 Å². The Morgan fingerprint density at radius 1 is 0.641 bits per heavy atom. The summed E-state index contributed by atoms with van der Waals surface area (Å²) in [6, 6.07) is -7.80. The third-order valence-corrected chi connectivity index (χ3v) is 11.3. The maximum Gasteiger partial charge on any atom is 0.305 e. The summed E-state index contributed by atoms with van der Waals surface area (Å²) in [5.41, 5.74) is 0.527. The molecule has 1 saturated heterocycles. The molecular weight excluding hydrogens is 1050 g/mol. The van der Waals surface area contributed by atoms with E-state index in [1.54, 1.807) is 0 Å². The fourth-order valence-corrected chi connectivity index (χ4v) is 7.01. The molecule has 1 fully saturated rings. The number of carbonyl (C=O) groups is 10. The standard InChI is InChI=1S/C46H75FN10O21/c1-25(2)36(45(72)53-30(21-35(63)64)44(71)50-26(3)41(68)48-12-14-75-16-18-77-20-19-76-17-15-74-13-10-34(61)62)54-43(70)29(8-9-33(59)60)52-42(69)27(4)51-46(73)40-39(67)38(66)37(65)31(78-40)22-49-32(58)24-57-23-28(55-56-57)7-5-6-11-47/h23,25-27,29-31,36-40,65-67H,5-22,24H2,1-4H3,(H,48,68)(H,49,58)(H,50,71)(H,51,73)(H,52,69)(H,53,72)(H,54,70)(H,59,60)(H,61,62)(H,63,64)/t26-,27-,29-,30-,31?,36-,37?,38?,39?,40?/m0/s1. The number of aliphatic hydroxyl groups excluding tert-OH is 3. The molecule has 1 aliphatic heterocycles. The maximum atomic E-state index is 13.7. The SMILES string of the molecule is CC(C)[C@H](NC(=O)[C@H](CCC(=O)O)NC(=O)[C@H](C)NC(=O)C1OC(CNC(=O)Cn2cc(CCCCF)nn2)C(O)C(O)C1O)C(=O)N[C@@H](CC(=O)O)C(=O)N[C@@H](C)C(=O)NCCOCCOCCOCCOCCC(=O)O. The molecule has 0 bridgehead atoms. The number of amides is 7. The lowest BCUT2D eigenvalue weighted by molar-refractivity contribution is -0.219. The van der Waals surface area contributed by atoms with E-state index in [9.17, 15) is 77.9 Å². The number of halogens is 1. The zero-order valence-electron chi connectivity index (χ0n) is 43.9. The van der Waals surface area contributed by atoms with E-state index in [0.717, 1.165) is 6.92 Å². The average Bonchev–Trinajstić information content (AvgIpc) is 3.82. The largest absolute Gasteiger partial charge is 0.481 e. The highest BCUT2D eigenvalue weighted by Gasteiger charge is 2.47. The van der Waals surface area contributed by atoms with Gasteiger partial charge < -0.3 is 91.5 Å². The summed E-state index contributed by atoms with van der Waals surface area (Å²) in [7, 11) is 0. The summed E-state index contributed by atoms with van der Waals surface area (Å²) in [6.07, 6.45) is -8.75. The Kier molecular flexibility index (Phi) is 31.6. The molecule has 2 rings (SSSR count). The summed E-state index contributed by atoms with van der Waals surface area (Å²) in [5, 5.41) is 83.5. The van der Waals surface area contributed by atoms with Crippen LogP contribution >= 0.6 is 0 Å². The van der Waals surface area contributed by atoms with Gasteiger partial charge in [-0.05, 0) is 45.4 Å². The first-order chi connectivity index (χ1) is 36.9. The van der Waals surface area contributed by atoms with Gasteiger partial charge in [-0.15, -0.1) is 5.10 Å². The number of ether oxygens (including phenoxy) is 5. The number of nitrogens with zero attached hydrogens (tertiary/aromatic N) is 3. The predicted molar refractivity (Wildman–Crippen MR) is 262 cm³/mol. The van der Waals surface area contributed by atoms with Crippen LogP contribution in [0.1, 0.15) is 71.9 Å². The molecular formula is C46H75FN10O21. The van der Waals surface area contributed by atoms with Gasteiger partial charge in [0.2, 0.25) is 35.4 Å². The minimum atomic E-state index is -2.04. The van der Waals surface area contributed by atoms with Crippen LogP contribution in [-0.2, 0) is 84.6 Å². The highest BCUT2D eigenvalue weighted by molar-refractivity contribution is 5.97. The van der Waals surface area contributed by atoms with Crippen LogP contribution in [0.2, 0.25) is 0 Å². The molecule has 442 valence electrons. The number of alkyl halides is 1. The van der Waals surface area contributed by atoms with E-state index >= 15 is 0 Å². The van der Waals surface area contributed by atoms with Crippen molar-refractivity contribution >= 4 is 59.3 Å². The number of unbranched alkanes of at least 4 members (excludes halogenated alkanes) is 1. The summed E-state index contributed by atoms with van der Waals surface area (Å²) in [6.45, 7) is 5.64. The summed E-state index contributed by atoms with van der Waals surface area (Å²) >= 11 is 0. The van der Waals surface area contributed by atoms with Crippen molar-refractivity contribution in [3.8, 4) is 0 Å². The first-order valence-corrected chi connectivity index (χ1v) is 25.1. The topological polar surface area (TPSA) is 453 Å². The lowest BCUT2D eigenvalue weighted by Gasteiger charge is -2.40. The first kappa shape index (κ1) is 67.6. The highest BCUT2D eigenvalue weighted by atomic mass is 19.1. The quantitative estimate of drug-likeness (QED) is 0.0273.